The van der Waals surface area contributed by atoms with Crippen LogP contribution in [0.15, 0.2) is 30.6 Å². The van der Waals surface area contributed by atoms with Crippen molar-refractivity contribution in [1.82, 2.24) is 19.2 Å². The number of benzene rings is 1. The zero-order valence-electron chi connectivity index (χ0n) is 16.2. The summed E-state index contributed by atoms with van der Waals surface area (Å²) in [6.45, 7) is 8.34. The molecule has 0 amide bonds. The molecule has 1 aromatic heterocycles. The van der Waals surface area contributed by atoms with E-state index in [0.29, 0.717) is 19.0 Å². The highest BCUT2D eigenvalue weighted by Gasteiger charge is 2.23. The maximum Gasteiger partial charge on any atom is 0.213 e. The number of para-hydroxylation sites is 2. The molecule has 0 bridgehead atoms. The summed E-state index contributed by atoms with van der Waals surface area (Å²) in [5.74, 6) is 0.560. The van der Waals surface area contributed by atoms with E-state index < -0.39 is 10.0 Å². The highest BCUT2D eigenvalue weighted by molar-refractivity contribution is 7.89. The Kier molecular flexibility index (Phi) is 6.86. The zero-order chi connectivity index (χ0) is 19.3. The van der Waals surface area contributed by atoms with Gasteiger partial charge in [0.05, 0.1) is 36.3 Å². The van der Waals surface area contributed by atoms with Gasteiger partial charge < -0.3 is 9.30 Å². The van der Waals surface area contributed by atoms with Gasteiger partial charge in [0.15, 0.2) is 0 Å². The Labute approximate surface area is 161 Å². The summed E-state index contributed by atoms with van der Waals surface area (Å²) in [5.41, 5.74) is 1.84. The van der Waals surface area contributed by atoms with Crippen molar-refractivity contribution in [3.05, 3.63) is 30.6 Å². The van der Waals surface area contributed by atoms with E-state index in [1.807, 2.05) is 28.8 Å². The van der Waals surface area contributed by atoms with Crippen LogP contribution in [0.5, 0.6) is 0 Å². The zero-order valence-corrected chi connectivity index (χ0v) is 17.0. The van der Waals surface area contributed by atoms with Crippen molar-refractivity contribution in [2.24, 2.45) is 5.92 Å². The van der Waals surface area contributed by atoms with Crippen LogP contribution in [0, 0.1) is 5.92 Å². The molecule has 1 aliphatic heterocycles. The van der Waals surface area contributed by atoms with Gasteiger partial charge in [-0.15, -0.1) is 0 Å². The molecule has 8 heteroatoms. The fourth-order valence-electron chi connectivity index (χ4n) is 3.55. The number of rotatable bonds is 9. The second-order valence-electron chi connectivity index (χ2n) is 7.53. The largest absolute Gasteiger partial charge is 0.379 e. The average molecular weight is 395 g/mol. The van der Waals surface area contributed by atoms with Gasteiger partial charge in [-0.1, -0.05) is 26.0 Å². The molecule has 27 heavy (non-hydrogen) atoms. The quantitative estimate of drug-likeness (QED) is 0.701. The number of aromatic nitrogens is 2. The molecule has 1 atom stereocenters. The first-order valence-electron chi connectivity index (χ1n) is 9.63. The SMILES string of the molecule is CC(C)C[C@H](CNS(=O)(=O)CCn1cnc2ccccc21)N1CCOCC1. The summed E-state index contributed by atoms with van der Waals surface area (Å²) in [6, 6.07) is 7.96. The minimum absolute atomic E-state index is 0.0465. The molecule has 3 rings (SSSR count). The normalized spacial score (nSPS) is 17.6. The standard InChI is InChI=1S/C19H30N4O3S/c1-16(2)13-17(22-7-10-26-11-8-22)14-21-27(24,25)12-9-23-15-20-18-5-3-4-6-19(18)23/h3-6,15-17,21H,7-14H2,1-2H3/t17-/m1/s1. The highest BCUT2D eigenvalue weighted by atomic mass is 32.2. The number of fused-ring (bicyclic) bond motifs is 1. The Balaban J connectivity index is 1.57. The van der Waals surface area contributed by atoms with Gasteiger partial charge in [0.25, 0.3) is 0 Å². The van der Waals surface area contributed by atoms with E-state index in [1.165, 1.54) is 0 Å². The van der Waals surface area contributed by atoms with E-state index in [9.17, 15) is 8.42 Å². The monoisotopic (exact) mass is 394 g/mol. The fourth-order valence-corrected chi connectivity index (χ4v) is 4.58. The number of hydrogen-bond acceptors (Lipinski definition) is 5. The lowest BCUT2D eigenvalue weighted by Crippen LogP contribution is -2.49. The molecule has 1 aromatic carbocycles. The van der Waals surface area contributed by atoms with Gasteiger partial charge in [-0.05, 0) is 24.5 Å². The Morgan fingerprint density at radius 1 is 1.22 bits per heavy atom. The first-order chi connectivity index (χ1) is 12.9. The Hall–Kier alpha value is -1.48. The maximum atomic E-state index is 12.5. The van der Waals surface area contributed by atoms with Gasteiger partial charge in [-0.3, -0.25) is 4.90 Å². The number of nitrogens with one attached hydrogen (secondary N) is 1. The fraction of sp³-hybridized carbons (Fsp3) is 0.632. The minimum atomic E-state index is -3.35. The van der Waals surface area contributed by atoms with Gasteiger partial charge in [0.1, 0.15) is 0 Å². The second-order valence-corrected chi connectivity index (χ2v) is 9.45. The maximum absolute atomic E-state index is 12.5. The van der Waals surface area contributed by atoms with E-state index in [2.05, 4.69) is 28.5 Å². The molecule has 150 valence electrons. The predicted octanol–water partition coefficient (Wildman–Crippen LogP) is 1.70. The minimum Gasteiger partial charge on any atom is -0.379 e. The molecular formula is C19H30N4O3S. The lowest BCUT2D eigenvalue weighted by atomic mass is 10.0. The van der Waals surface area contributed by atoms with Crippen LogP contribution >= 0.6 is 0 Å². The van der Waals surface area contributed by atoms with Crippen LogP contribution in [0.2, 0.25) is 0 Å². The second kappa shape index (κ2) is 9.14. The molecule has 1 aliphatic rings. The Morgan fingerprint density at radius 2 is 1.96 bits per heavy atom. The van der Waals surface area contributed by atoms with Crippen LogP contribution in [0.4, 0.5) is 0 Å². The van der Waals surface area contributed by atoms with Crippen molar-refractivity contribution < 1.29 is 13.2 Å². The van der Waals surface area contributed by atoms with E-state index >= 15 is 0 Å². The first-order valence-corrected chi connectivity index (χ1v) is 11.3. The molecule has 1 saturated heterocycles. The van der Waals surface area contributed by atoms with Crippen molar-refractivity contribution >= 4 is 21.1 Å². The number of hydrogen-bond donors (Lipinski definition) is 1. The topological polar surface area (TPSA) is 76.5 Å². The molecule has 0 saturated carbocycles. The van der Waals surface area contributed by atoms with Crippen LogP contribution in [0.3, 0.4) is 0 Å². The molecule has 0 aliphatic carbocycles. The van der Waals surface area contributed by atoms with E-state index in [-0.39, 0.29) is 11.8 Å². The van der Waals surface area contributed by atoms with Crippen LogP contribution in [-0.2, 0) is 21.3 Å². The highest BCUT2D eigenvalue weighted by Crippen LogP contribution is 2.14. The van der Waals surface area contributed by atoms with Crippen LogP contribution in [0.25, 0.3) is 11.0 Å². The summed E-state index contributed by atoms with van der Waals surface area (Å²) in [7, 11) is -3.35. The molecule has 1 fully saturated rings. The molecule has 2 heterocycles. The lowest BCUT2D eigenvalue weighted by Gasteiger charge is -2.35. The molecule has 0 radical (unpaired) electrons. The third-order valence-electron chi connectivity index (χ3n) is 4.97. The van der Waals surface area contributed by atoms with Crippen molar-refractivity contribution in [2.45, 2.75) is 32.9 Å². The predicted molar refractivity (Wildman–Crippen MR) is 107 cm³/mol. The lowest BCUT2D eigenvalue weighted by molar-refractivity contribution is 0.0134. The molecule has 1 N–H and O–H groups in total. The first kappa shape index (κ1) is 20.3. The third kappa shape index (κ3) is 5.75. The average Bonchev–Trinajstić information content (AvgIpc) is 3.07. The van der Waals surface area contributed by atoms with E-state index in [0.717, 1.165) is 43.8 Å². The van der Waals surface area contributed by atoms with E-state index in [4.69, 9.17) is 4.74 Å². The van der Waals surface area contributed by atoms with Crippen LogP contribution < -0.4 is 4.72 Å². The van der Waals surface area contributed by atoms with Crippen LogP contribution in [0.1, 0.15) is 20.3 Å². The Bertz CT molecular complexity index is 828. The molecule has 2 aromatic rings. The Morgan fingerprint density at radius 3 is 2.70 bits per heavy atom. The summed E-state index contributed by atoms with van der Waals surface area (Å²) >= 11 is 0. The number of sulfonamides is 1. The van der Waals surface area contributed by atoms with Crippen molar-refractivity contribution in [2.75, 3.05) is 38.6 Å². The van der Waals surface area contributed by atoms with Crippen LogP contribution in [-0.4, -0.2) is 67.5 Å². The van der Waals surface area contributed by atoms with E-state index in [1.54, 1.807) is 6.33 Å². The van der Waals surface area contributed by atoms with Crippen molar-refractivity contribution in [3.8, 4) is 0 Å². The van der Waals surface area contributed by atoms with Gasteiger partial charge in [0, 0.05) is 32.2 Å². The summed E-state index contributed by atoms with van der Waals surface area (Å²) in [6.07, 6.45) is 2.67. The van der Waals surface area contributed by atoms with Gasteiger partial charge in [0.2, 0.25) is 10.0 Å². The van der Waals surface area contributed by atoms with Gasteiger partial charge in [-0.25, -0.2) is 18.1 Å². The number of nitrogens with zero attached hydrogens (tertiary/aromatic N) is 3. The van der Waals surface area contributed by atoms with Gasteiger partial charge in [-0.2, -0.15) is 0 Å². The van der Waals surface area contributed by atoms with Crippen molar-refractivity contribution in [3.63, 3.8) is 0 Å². The summed E-state index contributed by atoms with van der Waals surface area (Å²) < 4.78 is 35.2. The van der Waals surface area contributed by atoms with Crippen molar-refractivity contribution in [1.29, 1.82) is 0 Å². The third-order valence-corrected chi connectivity index (χ3v) is 6.30. The summed E-state index contributed by atoms with van der Waals surface area (Å²) in [5, 5.41) is 0. The number of imidazole rings is 1. The molecule has 7 nitrogen and oxygen atoms in total. The number of morpholine rings is 1. The summed E-state index contributed by atoms with van der Waals surface area (Å²) in [4.78, 5) is 6.66. The number of aryl methyl sites for hydroxylation is 1. The number of ether oxygens (including phenoxy) is 1. The smallest absolute Gasteiger partial charge is 0.213 e. The molecule has 0 unspecified atom stereocenters. The molecule has 0 spiro atoms. The molecular weight excluding hydrogens is 364 g/mol. The van der Waals surface area contributed by atoms with Gasteiger partial charge >= 0.3 is 0 Å².